The molecule has 73 heavy (non-hydrogen) atoms. The number of hydrogen-bond donors (Lipinski definition) is 0. The molecule has 0 aliphatic rings. The number of carbonyl (C=O) groups is 3. The summed E-state index contributed by atoms with van der Waals surface area (Å²) in [6.45, 7) is 6.48. The molecule has 0 heterocycles. The average molecular weight is 1020 g/mol. The summed E-state index contributed by atoms with van der Waals surface area (Å²) in [7, 11) is 0. The standard InChI is InChI=1S/C67H114O6/c1-4-7-10-13-16-19-22-25-28-31-33-36-39-42-45-48-51-54-57-60-66(69)72-63-64(62-71-65(68)59-56-53-50-47-44-41-38-35-30-27-24-21-18-15-12-9-6-3)73-67(70)61-58-55-52-49-46-43-40-37-34-32-29-26-23-20-17-14-11-8-5-2/h7,10,16-17,19-20,25-30,33,36,42,45,64H,4-6,8-9,11-15,18,21-24,31-32,34-35,37-41,43-44,46-63H2,1-3H3/b10-7-,19-16-,20-17-,28-25-,29-26-,30-27-,36-33-,45-42-/t64-/m0/s1. The predicted octanol–water partition coefficient (Wildman–Crippen LogP) is 20.9. The molecule has 0 saturated heterocycles. The number of carbonyl (C=O) groups excluding carboxylic acids is 3. The van der Waals surface area contributed by atoms with Crippen LogP contribution in [0.5, 0.6) is 0 Å². The molecule has 0 radical (unpaired) electrons. The van der Waals surface area contributed by atoms with Gasteiger partial charge in [-0.2, -0.15) is 0 Å². The van der Waals surface area contributed by atoms with Gasteiger partial charge in [0.15, 0.2) is 6.10 Å². The molecule has 0 saturated carbocycles. The predicted molar refractivity (Wildman–Crippen MR) is 316 cm³/mol. The molecule has 6 heteroatoms. The van der Waals surface area contributed by atoms with E-state index in [1.807, 2.05) is 0 Å². The third-order valence-corrected chi connectivity index (χ3v) is 13.0. The van der Waals surface area contributed by atoms with Gasteiger partial charge in [-0.3, -0.25) is 14.4 Å². The fourth-order valence-corrected chi connectivity index (χ4v) is 8.44. The first-order valence-electron chi connectivity index (χ1n) is 30.7. The normalized spacial score (nSPS) is 12.8. The highest BCUT2D eigenvalue weighted by molar-refractivity contribution is 5.71. The van der Waals surface area contributed by atoms with Crippen molar-refractivity contribution in [2.45, 2.75) is 297 Å². The highest BCUT2D eigenvalue weighted by atomic mass is 16.6. The van der Waals surface area contributed by atoms with E-state index < -0.39 is 6.10 Å². The number of hydrogen-bond acceptors (Lipinski definition) is 6. The SMILES string of the molecule is CC/C=C\C/C=C\C/C=C\C/C=C\C/C=C\CCCCCC(=O)OC[C@H](COC(=O)CCCCCCCCC/C=C\CCCCCCCC)OC(=O)CCCCCCCCCCC/C=C\C/C=C\CCCCC. The van der Waals surface area contributed by atoms with Crippen LogP contribution in [-0.2, 0) is 28.6 Å². The van der Waals surface area contributed by atoms with Crippen LogP contribution in [-0.4, -0.2) is 37.2 Å². The van der Waals surface area contributed by atoms with Crippen LogP contribution in [0.15, 0.2) is 97.2 Å². The topological polar surface area (TPSA) is 78.9 Å². The first-order valence-corrected chi connectivity index (χ1v) is 30.7. The summed E-state index contributed by atoms with van der Waals surface area (Å²) in [4.78, 5) is 38.3. The first-order chi connectivity index (χ1) is 36.0. The van der Waals surface area contributed by atoms with Crippen molar-refractivity contribution < 1.29 is 28.6 Å². The van der Waals surface area contributed by atoms with E-state index in [1.54, 1.807) is 0 Å². The van der Waals surface area contributed by atoms with E-state index in [2.05, 4.69) is 118 Å². The Morgan fingerprint density at radius 2 is 0.534 bits per heavy atom. The van der Waals surface area contributed by atoms with Gasteiger partial charge in [-0.05, 0) is 122 Å². The zero-order chi connectivity index (χ0) is 52.9. The van der Waals surface area contributed by atoms with Crippen LogP contribution < -0.4 is 0 Å². The van der Waals surface area contributed by atoms with Crippen molar-refractivity contribution in [3.05, 3.63) is 97.2 Å². The van der Waals surface area contributed by atoms with Crippen LogP contribution in [0.4, 0.5) is 0 Å². The summed E-state index contributed by atoms with van der Waals surface area (Å²) in [6.07, 6.45) is 81.1. The summed E-state index contributed by atoms with van der Waals surface area (Å²) in [5.41, 5.74) is 0. The highest BCUT2D eigenvalue weighted by Gasteiger charge is 2.19. The van der Waals surface area contributed by atoms with Gasteiger partial charge in [-0.1, -0.05) is 246 Å². The molecule has 0 fully saturated rings. The molecule has 0 aromatic rings. The van der Waals surface area contributed by atoms with E-state index in [4.69, 9.17) is 14.2 Å². The minimum atomic E-state index is -0.797. The van der Waals surface area contributed by atoms with E-state index in [9.17, 15) is 14.4 Å². The Kier molecular flexibility index (Phi) is 57.8. The Labute approximate surface area is 451 Å². The van der Waals surface area contributed by atoms with Crippen molar-refractivity contribution in [2.75, 3.05) is 13.2 Å². The summed E-state index contributed by atoms with van der Waals surface area (Å²) in [5.74, 6) is -0.926. The van der Waals surface area contributed by atoms with Gasteiger partial charge in [0.1, 0.15) is 13.2 Å². The van der Waals surface area contributed by atoms with Crippen LogP contribution in [0.2, 0.25) is 0 Å². The number of allylic oxidation sites excluding steroid dienone is 16. The molecule has 0 aromatic heterocycles. The monoisotopic (exact) mass is 1010 g/mol. The zero-order valence-electron chi connectivity index (χ0n) is 47.9. The van der Waals surface area contributed by atoms with E-state index in [1.165, 1.54) is 148 Å². The Morgan fingerprint density at radius 1 is 0.288 bits per heavy atom. The summed E-state index contributed by atoms with van der Waals surface area (Å²) in [5, 5.41) is 0. The van der Waals surface area contributed by atoms with Crippen molar-refractivity contribution in [2.24, 2.45) is 0 Å². The van der Waals surface area contributed by atoms with Crippen LogP contribution in [0, 0.1) is 0 Å². The van der Waals surface area contributed by atoms with Crippen LogP contribution >= 0.6 is 0 Å². The van der Waals surface area contributed by atoms with Gasteiger partial charge in [0.25, 0.3) is 0 Å². The minimum absolute atomic E-state index is 0.0919. The fraction of sp³-hybridized carbons (Fsp3) is 0.716. The number of ether oxygens (including phenoxy) is 3. The summed E-state index contributed by atoms with van der Waals surface area (Å²) in [6, 6.07) is 0. The molecule has 0 rings (SSSR count). The van der Waals surface area contributed by atoms with Gasteiger partial charge in [0.2, 0.25) is 0 Å². The number of esters is 3. The average Bonchev–Trinajstić information content (AvgIpc) is 3.39. The van der Waals surface area contributed by atoms with Gasteiger partial charge in [-0.15, -0.1) is 0 Å². The van der Waals surface area contributed by atoms with Crippen molar-refractivity contribution in [3.63, 3.8) is 0 Å². The molecular weight excluding hydrogens is 901 g/mol. The van der Waals surface area contributed by atoms with Crippen molar-refractivity contribution in [3.8, 4) is 0 Å². The zero-order valence-corrected chi connectivity index (χ0v) is 47.9. The van der Waals surface area contributed by atoms with Crippen molar-refractivity contribution >= 4 is 17.9 Å². The molecule has 6 nitrogen and oxygen atoms in total. The first kappa shape index (κ1) is 69.3. The van der Waals surface area contributed by atoms with E-state index in [-0.39, 0.29) is 31.1 Å². The maximum Gasteiger partial charge on any atom is 0.306 e. The van der Waals surface area contributed by atoms with Gasteiger partial charge in [-0.25, -0.2) is 0 Å². The van der Waals surface area contributed by atoms with E-state index in [0.717, 1.165) is 103 Å². The Bertz CT molecular complexity index is 1440. The smallest absolute Gasteiger partial charge is 0.306 e. The van der Waals surface area contributed by atoms with Gasteiger partial charge >= 0.3 is 17.9 Å². The lowest BCUT2D eigenvalue weighted by Gasteiger charge is -2.18. The van der Waals surface area contributed by atoms with Gasteiger partial charge in [0.05, 0.1) is 0 Å². The third-order valence-electron chi connectivity index (χ3n) is 13.0. The maximum atomic E-state index is 12.9. The molecule has 0 aromatic carbocycles. The van der Waals surface area contributed by atoms with Crippen molar-refractivity contribution in [1.82, 2.24) is 0 Å². The third kappa shape index (κ3) is 59.1. The van der Waals surface area contributed by atoms with Gasteiger partial charge in [0, 0.05) is 19.3 Å². The van der Waals surface area contributed by atoms with Crippen LogP contribution in [0.25, 0.3) is 0 Å². The molecule has 0 aliphatic heterocycles. The molecule has 0 unspecified atom stereocenters. The quantitative estimate of drug-likeness (QED) is 0.0261. The molecule has 0 aliphatic carbocycles. The molecule has 0 bridgehead atoms. The summed E-state index contributed by atoms with van der Waals surface area (Å²) >= 11 is 0. The second kappa shape index (κ2) is 60.9. The maximum absolute atomic E-state index is 12.9. The Morgan fingerprint density at radius 3 is 0.890 bits per heavy atom. The molecule has 0 amide bonds. The molecule has 1 atom stereocenters. The molecule has 418 valence electrons. The number of unbranched alkanes of at least 4 members (excludes halogenated alkanes) is 28. The largest absolute Gasteiger partial charge is 0.462 e. The minimum Gasteiger partial charge on any atom is -0.462 e. The fourth-order valence-electron chi connectivity index (χ4n) is 8.44. The van der Waals surface area contributed by atoms with E-state index in [0.29, 0.717) is 19.3 Å². The number of rotatable bonds is 55. The molecule has 0 N–H and O–H groups in total. The van der Waals surface area contributed by atoms with E-state index >= 15 is 0 Å². The van der Waals surface area contributed by atoms with Gasteiger partial charge < -0.3 is 14.2 Å². The lowest BCUT2D eigenvalue weighted by atomic mass is 10.1. The molecular formula is C67H114O6. The lowest BCUT2D eigenvalue weighted by molar-refractivity contribution is -0.167. The molecule has 0 spiro atoms. The lowest BCUT2D eigenvalue weighted by Crippen LogP contribution is -2.30. The van der Waals surface area contributed by atoms with Crippen LogP contribution in [0.1, 0.15) is 290 Å². The second-order valence-corrected chi connectivity index (χ2v) is 20.2. The Balaban J connectivity index is 4.46. The van der Waals surface area contributed by atoms with Crippen LogP contribution in [0.3, 0.4) is 0 Å². The van der Waals surface area contributed by atoms with Crippen molar-refractivity contribution in [1.29, 1.82) is 0 Å². The Hall–Kier alpha value is -3.67. The summed E-state index contributed by atoms with van der Waals surface area (Å²) < 4.78 is 16.9. The highest BCUT2D eigenvalue weighted by Crippen LogP contribution is 2.15. The second-order valence-electron chi connectivity index (χ2n) is 20.2.